The summed E-state index contributed by atoms with van der Waals surface area (Å²) in [5, 5.41) is 30.6. The molecule has 1 aliphatic rings. The zero-order valence-electron chi connectivity index (χ0n) is 49.2. The summed E-state index contributed by atoms with van der Waals surface area (Å²) < 4.78 is 0. The van der Waals surface area contributed by atoms with Crippen molar-refractivity contribution in [3.8, 4) is 5.75 Å². The van der Waals surface area contributed by atoms with Crippen LogP contribution in [0.25, 0.3) is 10.8 Å². The van der Waals surface area contributed by atoms with E-state index in [0.717, 1.165) is 10.8 Å². The van der Waals surface area contributed by atoms with Crippen LogP contribution in [-0.4, -0.2) is 149 Å². The molecule has 0 aromatic heterocycles. The summed E-state index contributed by atoms with van der Waals surface area (Å²) in [4.78, 5) is 147. The van der Waals surface area contributed by atoms with Crippen molar-refractivity contribution >= 4 is 81.8 Å². The van der Waals surface area contributed by atoms with Gasteiger partial charge in [0.15, 0.2) is 11.9 Å². The highest BCUT2D eigenvalue weighted by molar-refractivity contribution is 5.99. The van der Waals surface area contributed by atoms with E-state index < -0.39 is 114 Å². The van der Waals surface area contributed by atoms with E-state index >= 15 is 4.79 Å². The van der Waals surface area contributed by atoms with Crippen molar-refractivity contribution in [2.24, 2.45) is 50.3 Å². The lowest BCUT2D eigenvalue weighted by atomic mass is 9.98. The standard InChI is InChI=1S/C60H82N16O11/c1-34(2)28-45(73-56(85)47(30-36-12-5-4-6-13-36)74-54(83)46(69-35(3)77)31-37-20-23-41(78)24-21-37)53(82)75-48(32-38-19-22-39-14-7-8-15-40(39)29-38)55(84)71-43(17-10-26-68-60(65)66)58(87)76-27-11-18-49(76)57(86)70-42(16-9-25-67-59(63)64)52(81)72-44(51(62)80)33-50(61)79/h4-8,12-15,19-24,29,34,42-49,78H,9-11,16-18,25-28,30-33H2,1-3H3,(H2,61,79)(H2,62,80)(H,69,77)(H,70,86)(H,71,84)(H,72,81)(H,73,85)(H,74,83)(H,75,82)(H4,63,64,67)(H4,65,66,68)/t42-,43-,44-,45-,46-,47-,48-,49-/m0/s1. The molecule has 10 amide bonds. The van der Waals surface area contributed by atoms with Gasteiger partial charge in [0.05, 0.1) is 6.42 Å². The summed E-state index contributed by atoms with van der Waals surface area (Å²) in [6, 6.07) is 17.4. The molecule has 4 aromatic carbocycles. The molecule has 8 atom stereocenters. The van der Waals surface area contributed by atoms with Gasteiger partial charge in [-0.15, -0.1) is 0 Å². The summed E-state index contributed by atoms with van der Waals surface area (Å²) in [6.45, 7) is 5.05. The number of phenolic OH excluding ortho intramolecular Hbond substituents is 1. The van der Waals surface area contributed by atoms with Gasteiger partial charge in [-0.2, -0.15) is 0 Å². The van der Waals surface area contributed by atoms with Crippen LogP contribution >= 0.6 is 0 Å². The van der Waals surface area contributed by atoms with E-state index in [0.29, 0.717) is 23.1 Å². The second-order valence-electron chi connectivity index (χ2n) is 21.9. The SMILES string of the molecule is CC(=O)N[C@@H](Cc1ccc(O)cc1)C(=O)N[C@@H](Cc1ccccc1)C(=O)N[C@@H](CC(C)C)C(=O)N[C@@H](Cc1ccc2ccccc2c1)C(=O)N[C@@H](CCCN=C(N)N)C(=O)N1CCC[C@H]1C(=O)N[C@@H](CCCN=C(N)N)C(=O)N[C@@H](CC(N)=O)C(N)=O. The van der Waals surface area contributed by atoms with E-state index in [9.17, 15) is 48.3 Å². The highest BCUT2D eigenvalue weighted by Gasteiger charge is 2.40. The number of carbonyl (C=O) groups excluding carboxylic acids is 10. The number of nitrogens with one attached hydrogen (secondary N) is 7. The molecule has 0 aliphatic carbocycles. The van der Waals surface area contributed by atoms with Crippen LogP contribution in [-0.2, 0) is 67.2 Å². The summed E-state index contributed by atoms with van der Waals surface area (Å²) in [5.41, 5.74) is 34.8. The van der Waals surface area contributed by atoms with Crippen LogP contribution in [0.4, 0.5) is 0 Å². The third kappa shape index (κ3) is 22.6. The predicted molar refractivity (Wildman–Crippen MR) is 326 cm³/mol. The van der Waals surface area contributed by atoms with Gasteiger partial charge in [0.2, 0.25) is 59.1 Å². The summed E-state index contributed by atoms with van der Waals surface area (Å²) in [5.74, 6) is -8.51. The number of hydrogen-bond donors (Lipinski definition) is 14. The van der Waals surface area contributed by atoms with Crippen LogP contribution in [0.1, 0.15) is 88.8 Å². The topological polar surface area (TPSA) is 459 Å². The number of likely N-dealkylation sites (tertiary alicyclic amines) is 1. The minimum absolute atomic E-state index is 0.000872. The molecule has 0 unspecified atom stereocenters. The van der Waals surface area contributed by atoms with E-state index in [2.05, 4.69) is 47.2 Å². The van der Waals surface area contributed by atoms with E-state index in [1.807, 2.05) is 50.2 Å². The zero-order valence-corrected chi connectivity index (χ0v) is 49.2. The Kier molecular flexibility index (Phi) is 26.3. The van der Waals surface area contributed by atoms with Crippen LogP contribution in [0.2, 0.25) is 0 Å². The van der Waals surface area contributed by atoms with Crippen molar-refractivity contribution in [1.29, 1.82) is 0 Å². The predicted octanol–water partition coefficient (Wildman–Crippen LogP) is -1.51. The Morgan fingerprint density at radius 1 is 0.540 bits per heavy atom. The average Bonchev–Trinajstić information content (AvgIpc) is 3.91. The second-order valence-corrected chi connectivity index (χ2v) is 21.9. The molecule has 1 heterocycles. The average molecular weight is 1200 g/mol. The van der Waals surface area contributed by atoms with Gasteiger partial charge in [-0.25, -0.2) is 0 Å². The number of fused-ring (bicyclic) bond motifs is 1. The number of aliphatic imine (C=N–C) groups is 2. The fraction of sp³-hybridized carbons (Fsp3) is 0.433. The first-order chi connectivity index (χ1) is 41.4. The van der Waals surface area contributed by atoms with Crippen molar-refractivity contribution in [3.63, 3.8) is 0 Å². The number of rotatable bonds is 33. The molecular formula is C60H82N16O11. The minimum atomic E-state index is -1.51. The van der Waals surface area contributed by atoms with E-state index in [-0.39, 0.29) is 101 Å². The number of phenols is 1. The van der Waals surface area contributed by atoms with Crippen molar-refractivity contribution in [1.82, 2.24) is 42.1 Å². The monoisotopic (exact) mass is 1200 g/mol. The normalized spacial score (nSPS) is 15.2. The molecule has 0 saturated carbocycles. The maximum atomic E-state index is 15.1. The Hall–Kier alpha value is -9.82. The molecular weight excluding hydrogens is 1120 g/mol. The van der Waals surface area contributed by atoms with Crippen LogP contribution in [0.15, 0.2) is 107 Å². The molecule has 0 bridgehead atoms. The number of carbonyl (C=O) groups is 10. The van der Waals surface area contributed by atoms with Gasteiger partial charge in [0.25, 0.3) is 0 Å². The number of benzene rings is 4. The fourth-order valence-electron chi connectivity index (χ4n) is 9.99. The Labute approximate surface area is 504 Å². The maximum absolute atomic E-state index is 15.1. The molecule has 20 N–H and O–H groups in total. The molecule has 5 rings (SSSR count). The molecule has 27 nitrogen and oxygen atoms in total. The lowest BCUT2D eigenvalue weighted by molar-refractivity contribution is -0.142. The van der Waals surface area contributed by atoms with E-state index in [1.165, 1.54) is 24.0 Å². The fourth-order valence-corrected chi connectivity index (χ4v) is 9.99. The number of amides is 10. The molecule has 468 valence electrons. The van der Waals surface area contributed by atoms with Gasteiger partial charge in [0, 0.05) is 45.8 Å². The van der Waals surface area contributed by atoms with Crippen molar-refractivity contribution in [2.75, 3.05) is 19.6 Å². The Balaban J connectivity index is 1.46. The van der Waals surface area contributed by atoms with Crippen LogP contribution < -0.4 is 71.6 Å². The summed E-state index contributed by atoms with van der Waals surface area (Å²) >= 11 is 0. The Bertz CT molecular complexity index is 3120. The van der Waals surface area contributed by atoms with Gasteiger partial charge in [-0.3, -0.25) is 57.9 Å². The van der Waals surface area contributed by atoms with Crippen molar-refractivity contribution in [2.45, 2.75) is 140 Å². The third-order valence-electron chi connectivity index (χ3n) is 14.3. The summed E-state index contributed by atoms with van der Waals surface area (Å²) in [6.07, 6.45) is -0.0586. The first-order valence-corrected chi connectivity index (χ1v) is 28.7. The molecule has 0 radical (unpaired) electrons. The van der Waals surface area contributed by atoms with Gasteiger partial charge in [0.1, 0.15) is 54.1 Å². The number of primary amides is 2. The molecule has 87 heavy (non-hydrogen) atoms. The number of guanidine groups is 2. The third-order valence-corrected chi connectivity index (χ3v) is 14.3. The Morgan fingerprint density at radius 3 is 1.56 bits per heavy atom. The van der Waals surface area contributed by atoms with Gasteiger partial charge >= 0.3 is 0 Å². The quantitative estimate of drug-likeness (QED) is 0.0147. The maximum Gasteiger partial charge on any atom is 0.245 e. The number of aromatic hydroxyl groups is 1. The van der Waals surface area contributed by atoms with Crippen LogP contribution in [0.5, 0.6) is 5.75 Å². The Morgan fingerprint density at radius 2 is 1.01 bits per heavy atom. The number of hydrogen-bond acceptors (Lipinski definition) is 13. The highest BCUT2D eigenvalue weighted by Crippen LogP contribution is 2.22. The lowest BCUT2D eigenvalue weighted by Gasteiger charge is -2.31. The molecule has 1 saturated heterocycles. The van der Waals surface area contributed by atoms with Crippen LogP contribution in [0, 0.1) is 5.92 Å². The van der Waals surface area contributed by atoms with Crippen molar-refractivity contribution in [3.05, 3.63) is 114 Å². The van der Waals surface area contributed by atoms with Gasteiger partial charge in [-0.1, -0.05) is 98.8 Å². The molecule has 1 aliphatic heterocycles. The first kappa shape index (κ1) is 68.0. The van der Waals surface area contributed by atoms with E-state index in [4.69, 9.17) is 34.4 Å². The summed E-state index contributed by atoms with van der Waals surface area (Å²) in [7, 11) is 0. The van der Waals surface area contributed by atoms with Crippen LogP contribution in [0.3, 0.4) is 0 Å². The van der Waals surface area contributed by atoms with Gasteiger partial charge in [-0.05, 0) is 90.5 Å². The van der Waals surface area contributed by atoms with Crippen molar-refractivity contribution < 1.29 is 53.1 Å². The number of nitrogens with two attached hydrogens (primary N) is 6. The zero-order chi connectivity index (χ0) is 63.7. The first-order valence-electron chi connectivity index (χ1n) is 28.7. The van der Waals surface area contributed by atoms with Gasteiger partial charge < -0.3 is 81.6 Å². The highest BCUT2D eigenvalue weighted by atomic mass is 16.3. The second kappa shape index (κ2) is 33.6. The number of nitrogens with zero attached hydrogens (tertiary/aromatic N) is 3. The molecule has 0 spiro atoms. The molecule has 4 aromatic rings. The smallest absolute Gasteiger partial charge is 0.245 e. The lowest BCUT2D eigenvalue weighted by Crippen LogP contribution is -2.60. The largest absolute Gasteiger partial charge is 0.508 e. The minimum Gasteiger partial charge on any atom is -0.508 e. The molecule has 27 heteroatoms. The molecule has 1 fully saturated rings. The van der Waals surface area contributed by atoms with E-state index in [1.54, 1.807) is 48.5 Å².